The summed E-state index contributed by atoms with van der Waals surface area (Å²) in [5.41, 5.74) is 3.49. The van der Waals surface area contributed by atoms with Crippen molar-refractivity contribution in [2.45, 2.75) is 18.8 Å². The lowest BCUT2D eigenvalue weighted by Gasteiger charge is -2.16. The molecule has 0 saturated carbocycles. The number of aliphatic carboxylic acids is 1. The summed E-state index contributed by atoms with van der Waals surface area (Å²) in [5.74, 6) is -0.702. The highest BCUT2D eigenvalue weighted by molar-refractivity contribution is 7.12. The zero-order valence-corrected chi connectivity index (χ0v) is 15.0. The van der Waals surface area contributed by atoms with Crippen LogP contribution in [0.3, 0.4) is 0 Å². The van der Waals surface area contributed by atoms with Gasteiger partial charge in [-0.15, -0.1) is 11.3 Å². The van der Waals surface area contributed by atoms with E-state index in [0.29, 0.717) is 6.42 Å². The third-order valence-electron chi connectivity index (χ3n) is 4.71. The molecule has 1 unspecified atom stereocenters. The molecule has 0 bridgehead atoms. The number of carboxylic acids is 1. The molecule has 0 saturated heterocycles. The molecule has 4 heteroatoms. The van der Waals surface area contributed by atoms with Crippen molar-refractivity contribution < 1.29 is 9.90 Å². The summed E-state index contributed by atoms with van der Waals surface area (Å²) in [6, 6.07) is 22.7. The predicted molar refractivity (Wildman–Crippen MR) is 106 cm³/mol. The third kappa shape index (κ3) is 3.16. The summed E-state index contributed by atoms with van der Waals surface area (Å²) in [5, 5.41) is 13.6. The van der Waals surface area contributed by atoms with E-state index in [0.717, 1.165) is 16.1 Å². The summed E-state index contributed by atoms with van der Waals surface area (Å²) in [6.07, 6.45) is 2.91. The van der Waals surface area contributed by atoms with Gasteiger partial charge in [-0.3, -0.25) is 4.79 Å². The standard InChI is InChI=1S/C22H19NO2S/c24-22(25)13-12-17(16-7-2-1-3-8-16)19-15-23(21-11-6-14-26-21)20-10-5-4-9-18(19)20/h1-11,14-15,17H,12-13H2,(H,24,25). The van der Waals surface area contributed by atoms with Crippen molar-refractivity contribution in [2.75, 3.05) is 0 Å². The van der Waals surface area contributed by atoms with Gasteiger partial charge in [-0.05, 0) is 41.1 Å². The first kappa shape index (κ1) is 16.6. The molecular formula is C22H19NO2S. The van der Waals surface area contributed by atoms with Crippen LogP contribution in [-0.2, 0) is 4.79 Å². The van der Waals surface area contributed by atoms with Crippen molar-refractivity contribution in [3.8, 4) is 5.00 Å². The molecule has 0 amide bonds. The van der Waals surface area contributed by atoms with Gasteiger partial charge >= 0.3 is 5.97 Å². The van der Waals surface area contributed by atoms with Gasteiger partial charge in [0.25, 0.3) is 0 Å². The normalized spacial score (nSPS) is 12.3. The van der Waals surface area contributed by atoms with Crippen LogP contribution in [0.1, 0.15) is 29.9 Å². The van der Waals surface area contributed by atoms with E-state index in [4.69, 9.17) is 0 Å². The minimum Gasteiger partial charge on any atom is -0.481 e. The van der Waals surface area contributed by atoms with Crippen LogP contribution in [0.4, 0.5) is 0 Å². The van der Waals surface area contributed by atoms with Crippen molar-refractivity contribution in [2.24, 2.45) is 0 Å². The molecule has 2 heterocycles. The molecule has 0 radical (unpaired) electrons. The number of benzene rings is 2. The summed E-state index contributed by atoms with van der Waals surface area (Å²) in [4.78, 5) is 11.2. The molecule has 0 spiro atoms. The van der Waals surface area contributed by atoms with Gasteiger partial charge in [-0.2, -0.15) is 0 Å². The smallest absolute Gasteiger partial charge is 0.303 e. The zero-order valence-electron chi connectivity index (χ0n) is 14.2. The molecule has 26 heavy (non-hydrogen) atoms. The maximum Gasteiger partial charge on any atom is 0.303 e. The average Bonchev–Trinajstić information content (AvgIpc) is 3.31. The number of rotatable bonds is 6. The van der Waals surface area contributed by atoms with E-state index >= 15 is 0 Å². The molecule has 1 atom stereocenters. The van der Waals surface area contributed by atoms with Crippen LogP contribution in [0.5, 0.6) is 0 Å². The quantitative estimate of drug-likeness (QED) is 0.479. The minimum absolute atomic E-state index is 0.0541. The lowest BCUT2D eigenvalue weighted by molar-refractivity contribution is -0.137. The van der Waals surface area contributed by atoms with E-state index in [1.165, 1.54) is 10.9 Å². The Kier molecular flexibility index (Phi) is 4.59. The Morgan fingerprint density at radius 3 is 2.50 bits per heavy atom. The number of nitrogens with zero attached hydrogens (tertiary/aromatic N) is 1. The number of para-hydroxylation sites is 1. The molecule has 1 N–H and O–H groups in total. The van der Waals surface area contributed by atoms with E-state index in [-0.39, 0.29) is 12.3 Å². The number of aromatic nitrogens is 1. The van der Waals surface area contributed by atoms with Crippen LogP contribution in [0.15, 0.2) is 78.3 Å². The van der Waals surface area contributed by atoms with Crippen LogP contribution in [0.2, 0.25) is 0 Å². The van der Waals surface area contributed by atoms with Crippen molar-refractivity contribution in [3.05, 3.63) is 89.4 Å². The highest BCUT2D eigenvalue weighted by atomic mass is 32.1. The number of carboxylic acid groups (broad SMARTS) is 1. The topological polar surface area (TPSA) is 42.2 Å². The molecule has 130 valence electrons. The van der Waals surface area contributed by atoms with Gasteiger partial charge in [0, 0.05) is 23.9 Å². The van der Waals surface area contributed by atoms with Crippen LogP contribution in [-0.4, -0.2) is 15.6 Å². The summed E-state index contributed by atoms with van der Waals surface area (Å²) >= 11 is 1.70. The highest BCUT2D eigenvalue weighted by Gasteiger charge is 2.21. The second-order valence-corrected chi connectivity index (χ2v) is 7.24. The second-order valence-electron chi connectivity index (χ2n) is 6.32. The number of fused-ring (bicyclic) bond motifs is 1. The maximum absolute atomic E-state index is 11.2. The van der Waals surface area contributed by atoms with Crippen LogP contribution >= 0.6 is 11.3 Å². The maximum atomic E-state index is 11.2. The van der Waals surface area contributed by atoms with Gasteiger partial charge in [0.2, 0.25) is 0 Å². The van der Waals surface area contributed by atoms with Crippen molar-refractivity contribution in [1.29, 1.82) is 0 Å². The SMILES string of the molecule is O=C(O)CCC(c1ccccc1)c1cn(-c2cccs2)c2ccccc12. The Morgan fingerprint density at radius 1 is 1.00 bits per heavy atom. The van der Waals surface area contributed by atoms with E-state index in [1.807, 2.05) is 36.4 Å². The number of hydrogen-bond donors (Lipinski definition) is 1. The molecule has 0 aliphatic carbocycles. The first-order valence-corrected chi connectivity index (χ1v) is 9.52. The van der Waals surface area contributed by atoms with Gasteiger partial charge in [0.15, 0.2) is 0 Å². The van der Waals surface area contributed by atoms with Crippen molar-refractivity contribution >= 4 is 28.2 Å². The van der Waals surface area contributed by atoms with Gasteiger partial charge in [0.05, 0.1) is 10.5 Å². The Bertz CT molecular complexity index is 1020. The fraction of sp³-hybridized carbons (Fsp3) is 0.136. The van der Waals surface area contributed by atoms with E-state index in [9.17, 15) is 9.90 Å². The number of thiophene rings is 1. The molecule has 0 fully saturated rings. The molecule has 3 nitrogen and oxygen atoms in total. The van der Waals surface area contributed by atoms with Gasteiger partial charge < -0.3 is 9.67 Å². The van der Waals surface area contributed by atoms with Crippen LogP contribution in [0.25, 0.3) is 15.9 Å². The van der Waals surface area contributed by atoms with E-state index in [1.54, 1.807) is 11.3 Å². The Balaban J connectivity index is 1.88. The molecule has 4 rings (SSSR count). The summed E-state index contributed by atoms with van der Waals surface area (Å²) < 4.78 is 2.21. The van der Waals surface area contributed by atoms with Crippen LogP contribution < -0.4 is 0 Å². The van der Waals surface area contributed by atoms with Gasteiger partial charge in [-0.1, -0.05) is 48.5 Å². The highest BCUT2D eigenvalue weighted by Crippen LogP contribution is 2.37. The van der Waals surface area contributed by atoms with Gasteiger partial charge in [-0.25, -0.2) is 0 Å². The molecular weight excluding hydrogens is 342 g/mol. The lowest BCUT2D eigenvalue weighted by atomic mass is 9.87. The fourth-order valence-corrected chi connectivity index (χ4v) is 4.25. The molecule has 0 aliphatic rings. The largest absolute Gasteiger partial charge is 0.481 e. The van der Waals surface area contributed by atoms with Crippen molar-refractivity contribution in [3.63, 3.8) is 0 Å². The lowest BCUT2D eigenvalue weighted by Crippen LogP contribution is -2.05. The third-order valence-corrected chi connectivity index (χ3v) is 5.58. The fourth-order valence-electron chi connectivity index (χ4n) is 3.53. The number of carbonyl (C=O) groups is 1. The Morgan fingerprint density at radius 2 is 1.77 bits per heavy atom. The molecule has 0 aliphatic heterocycles. The Labute approximate surface area is 156 Å². The number of hydrogen-bond acceptors (Lipinski definition) is 2. The minimum atomic E-state index is -0.757. The molecule has 2 aromatic heterocycles. The first-order valence-electron chi connectivity index (χ1n) is 8.64. The van der Waals surface area contributed by atoms with Gasteiger partial charge in [0.1, 0.15) is 0 Å². The van der Waals surface area contributed by atoms with E-state index in [2.05, 4.69) is 46.5 Å². The summed E-state index contributed by atoms with van der Waals surface area (Å²) in [7, 11) is 0. The Hall–Kier alpha value is -2.85. The zero-order chi connectivity index (χ0) is 17.9. The van der Waals surface area contributed by atoms with E-state index < -0.39 is 5.97 Å². The monoisotopic (exact) mass is 361 g/mol. The van der Waals surface area contributed by atoms with Crippen LogP contribution in [0, 0.1) is 0 Å². The molecule has 2 aromatic carbocycles. The second kappa shape index (κ2) is 7.18. The summed E-state index contributed by atoms with van der Waals surface area (Å²) in [6.45, 7) is 0. The first-order chi connectivity index (χ1) is 12.7. The predicted octanol–water partition coefficient (Wildman–Crippen LogP) is 5.69. The average molecular weight is 361 g/mol. The molecule has 4 aromatic rings. The van der Waals surface area contributed by atoms with Crippen molar-refractivity contribution in [1.82, 2.24) is 4.57 Å².